The second-order valence-electron chi connectivity index (χ2n) is 4.47. The molecular formula is C12H16Cl2F3N. The van der Waals surface area contributed by atoms with E-state index in [-0.39, 0.29) is 28.9 Å². The molecule has 104 valence electrons. The Morgan fingerprint density at radius 3 is 2.28 bits per heavy atom. The standard InChI is InChI=1S/C12H15ClF3N.ClH/c1-7(2)5-11(17)9-4-3-8(13)6-10(9)12(14,15)16;/h3-4,6-7,11H,5,17H2,1-2H3;1H/t11-;/m0./s1. The molecule has 18 heavy (non-hydrogen) atoms. The van der Waals surface area contributed by atoms with Crippen molar-refractivity contribution in [2.45, 2.75) is 32.5 Å². The second kappa shape index (κ2) is 6.64. The van der Waals surface area contributed by atoms with Gasteiger partial charge in [0.2, 0.25) is 0 Å². The van der Waals surface area contributed by atoms with Crippen LogP contribution < -0.4 is 5.73 Å². The number of hydrogen-bond donors (Lipinski definition) is 1. The summed E-state index contributed by atoms with van der Waals surface area (Å²) in [6.45, 7) is 3.84. The average Bonchev–Trinajstić information content (AvgIpc) is 2.14. The first-order valence-electron chi connectivity index (χ1n) is 5.34. The molecule has 0 amide bonds. The van der Waals surface area contributed by atoms with E-state index in [1.165, 1.54) is 12.1 Å². The van der Waals surface area contributed by atoms with Crippen molar-refractivity contribution >= 4 is 24.0 Å². The fourth-order valence-corrected chi connectivity index (χ4v) is 1.90. The van der Waals surface area contributed by atoms with Crippen LogP contribution in [0.2, 0.25) is 5.02 Å². The minimum absolute atomic E-state index is 0. The molecule has 0 aliphatic heterocycles. The van der Waals surface area contributed by atoms with Crippen molar-refractivity contribution in [2.24, 2.45) is 11.7 Å². The monoisotopic (exact) mass is 301 g/mol. The Morgan fingerprint density at radius 1 is 1.28 bits per heavy atom. The molecule has 0 saturated heterocycles. The lowest BCUT2D eigenvalue weighted by Crippen LogP contribution is -2.19. The van der Waals surface area contributed by atoms with Crippen LogP contribution in [0.15, 0.2) is 18.2 Å². The summed E-state index contributed by atoms with van der Waals surface area (Å²) in [7, 11) is 0. The summed E-state index contributed by atoms with van der Waals surface area (Å²) in [4.78, 5) is 0. The van der Waals surface area contributed by atoms with Crippen LogP contribution in [0.5, 0.6) is 0 Å². The van der Waals surface area contributed by atoms with Crippen LogP contribution in [-0.4, -0.2) is 0 Å². The van der Waals surface area contributed by atoms with Crippen molar-refractivity contribution in [3.63, 3.8) is 0 Å². The van der Waals surface area contributed by atoms with Gasteiger partial charge in [0, 0.05) is 11.1 Å². The first-order valence-corrected chi connectivity index (χ1v) is 5.72. The highest BCUT2D eigenvalue weighted by atomic mass is 35.5. The maximum atomic E-state index is 12.8. The van der Waals surface area contributed by atoms with E-state index >= 15 is 0 Å². The van der Waals surface area contributed by atoms with Gasteiger partial charge in [-0.1, -0.05) is 31.5 Å². The average molecular weight is 302 g/mol. The molecule has 0 radical (unpaired) electrons. The van der Waals surface area contributed by atoms with E-state index in [4.69, 9.17) is 17.3 Å². The summed E-state index contributed by atoms with van der Waals surface area (Å²) in [6.07, 6.45) is -3.92. The van der Waals surface area contributed by atoms with Gasteiger partial charge in [-0.05, 0) is 30.0 Å². The van der Waals surface area contributed by atoms with Crippen LogP contribution in [0.1, 0.15) is 37.4 Å². The first-order chi connectivity index (χ1) is 7.71. The van der Waals surface area contributed by atoms with Gasteiger partial charge in [-0.2, -0.15) is 13.2 Å². The molecule has 0 aromatic heterocycles. The highest BCUT2D eigenvalue weighted by Crippen LogP contribution is 2.36. The fourth-order valence-electron chi connectivity index (χ4n) is 1.73. The minimum atomic E-state index is -4.42. The molecule has 0 aliphatic rings. The van der Waals surface area contributed by atoms with E-state index in [0.29, 0.717) is 6.42 Å². The van der Waals surface area contributed by atoms with E-state index in [9.17, 15) is 13.2 Å². The van der Waals surface area contributed by atoms with Gasteiger partial charge in [-0.3, -0.25) is 0 Å². The molecule has 0 unspecified atom stereocenters. The van der Waals surface area contributed by atoms with E-state index in [0.717, 1.165) is 6.07 Å². The Hall–Kier alpha value is -0.450. The highest BCUT2D eigenvalue weighted by Gasteiger charge is 2.34. The molecular weight excluding hydrogens is 286 g/mol. The van der Waals surface area contributed by atoms with Crippen molar-refractivity contribution in [1.29, 1.82) is 0 Å². The topological polar surface area (TPSA) is 26.0 Å². The van der Waals surface area contributed by atoms with Crippen LogP contribution >= 0.6 is 24.0 Å². The SMILES string of the molecule is CC(C)C[C@H](N)c1ccc(Cl)cc1C(F)(F)F.Cl. The maximum Gasteiger partial charge on any atom is 0.416 e. The molecule has 1 nitrogen and oxygen atoms in total. The third-order valence-corrected chi connectivity index (χ3v) is 2.68. The van der Waals surface area contributed by atoms with Crippen LogP contribution in [0.25, 0.3) is 0 Å². The second-order valence-corrected chi connectivity index (χ2v) is 4.90. The summed E-state index contributed by atoms with van der Waals surface area (Å²) in [5.74, 6) is 0.238. The summed E-state index contributed by atoms with van der Waals surface area (Å²) in [5.41, 5.74) is 5.17. The lowest BCUT2D eigenvalue weighted by molar-refractivity contribution is -0.138. The Labute approximate surface area is 116 Å². The first kappa shape index (κ1) is 17.6. The predicted octanol–water partition coefficient (Wildman–Crippen LogP) is 4.83. The van der Waals surface area contributed by atoms with Crippen molar-refractivity contribution in [1.82, 2.24) is 0 Å². The van der Waals surface area contributed by atoms with Crippen molar-refractivity contribution in [2.75, 3.05) is 0 Å². The largest absolute Gasteiger partial charge is 0.416 e. The zero-order valence-corrected chi connectivity index (χ0v) is 11.7. The summed E-state index contributed by atoms with van der Waals surface area (Å²) in [5, 5.41) is 0.0674. The molecule has 0 saturated carbocycles. The lowest BCUT2D eigenvalue weighted by atomic mass is 9.94. The molecule has 0 fully saturated rings. The van der Waals surface area contributed by atoms with E-state index < -0.39 is 17.8 Å². The zero-order chi connectivity index (χ0) is 13.2. The maximum absolute atomic E-state index is 12.8. The van der Waals surface area contributed by atoms with E-state index in [1.807, 2.05) is 13.8 Å². The number of nitrogens with two attached hydrogens (primary N) is 1. The Kier molecular flexibility index (Phi) is 6.47. The normalized spacial score (nSPS) is 13.3. The number of benzene rings is 1. The van der Waals surface area contributed by atoms with Crippen molar-refractivity contribution in [3.8, 4) is 0 Å². The Morgan fingerprint density at radius 2 is 1.83 bits per heavy atom. The van der Waals surface area contributed by atoms with Gasteiger partial charge in [-0.25, -0.2) is 0 Å². The van der Waals surface area contributed by atoms with Gasteiger partial charge in [0.15, 0.2) is 0 Å². The molecule has 1 atom stereocenters. The Bertz CT molecular complexity index is 391. The van der Waals surface area contributed by atoms with Crippen LogP contribution in [0, 0.1) is 5.92 Å². The van der Waals surface area contributed by atoms with E-state index in [1.54, 1.807) is 0 Å². The quantitative estimate of drug-likeness (QED) is 0.850. The van der Waals surface area contributed by atoms with Crippen LogP contribution in [-0.2, 0) is 6.18 Å². The smallest absolute Gasteiger partial charge is 0.324 e. The molecule has 0 spiro atoms. The molecule has 2 N–H and O–H groups in total. The van der Waals surface area contributed by atoms with Gasteiger partial charge in [0.05, 0.1) is 5.56 Å². The molecule has 6 heteroatoms. The van der Waals surface area contributed by atoms with Crippen LogP contribution in [0.4, 0.5) is 13.2 Å². The van der Waals surface area contributed by atoms with Gasteiger partial charge >= 0.3 is 6.18 Å². The molecule has 0 heterocycles. The predicted molar refractivity (Wildman–Crippen MR) is 70.1 cm³/mol. The third-order valence-electron chi connectivity index (χ3n) is 2.45. The van der Waals surface area contributed by atoms with Gasteiger partial charge in [0.1, 0.15) is 0 Å². The molecule has 0 bridgehead atoms. The molecule has 1 aromatic carbocycles. The van der Waals surface area contributed by atoms with Crippen LogP contribution in [0.3, 0.4) is 0 Å². The van der Waals surface area contributed by atoms with Gasteiger partial charge in [-0.15, -0.1) is 12.4 Å². The number of hydrogen-bond acceptors (Lipinski definition) is 1. The van der Waals surface area contributed by atoms with Gasteiger partial charge in [0.25, 0.3) is 0 Å². The van der Waals surface area contributed by atoms with Gasteiger partial charge < -0.3 is 5.73 Å². The minimum Gasteiger partial charge on any atom is -0.324 e. The number of alkyl halides is 3. The molecule has 1 rings (SSSR count). The fraction of sp³-hybridized carbons (Fsp3) is 0.500. The molecule has 1 aromatic rings. The third kappa shape index (κ3) is 4.67. The van der Waals surface area contributed by atoms with Crippen molar-refractivity contribution in [3.05, 3.63) is 34.3 Å². The highest BCUT2D eigenvalue weighted by molar-refractivity contribution is 6.30. The lowest BCUT2D eigenvalue weighted by Gasteiger charge is -2.20. The van der Waals surface area contributed by atoms with E-state index in [2.05, 4.69) is 0 Å². The summed E-state index contributed by atoms with van der Waals surface area (Å²) >= 11 is 5.59. The summed E-state index contributed by atoms with van der Waals surface area (Å²) < 4.78 is 38.4. The molecule has 0 aliphatic carbocycles. The zero-order valence-electron chi connectivity index (χ0n) is 10.1. The van der Waals surface area contributed by atoms with Crippen molar-refractivity contribution < 1.29 is 13.2 Å². The Balaban J connectivity index is 0.00000289. The number of rotatable bonds is 3. The number of halogens is 5. The summed E-state index contributed by atoms with van der Waals surface area (Å²) in [6, 6.07) is 3.10.